The summed E-state index contributed by atoms with van der Waals surface area (Å²) in [5.41, 5.74) is 0. The Morgan fingerprint density at radius 1 is 1.20 bits per heavy atom. The van der Waals surface area contributed by atoms with E-state index in [1.807, 2.05) is 0 Å². The minimum atomic E-state index is -4.11. The second-order valence-corrected chi connectivity index (χ2v) is 8.02. The molecule has 0 amide bonds. The zero-order chi connectivity index (χ0) is 15.2. The molecule has 0 saturated heterocycles. The van der Waals surface area contributed by atoms with E-state index in [4.69, 9.17) is 11.6 Å². The van der Waals surface area contributed by atoms with Crippen LogP contribution in [0.25, 0.3) is 0 Å². The summed E-state index contributed by atoms with van der Waals surface area (Å²) in [4.78, 5) is -0.784. The molecule has 0 fully saturated rings. The fourth-order valence-corrected chi connectivity index (χ4v) is 4.41. The second kappa shape index (κ2) is 7.10. The zero-order valence-corrected chi connectivity index (χ0v) is 12.9. The summed E-state index contributed by atoms with van der Waals surface area (Å²) in [5, 5.41) is 5.00. The minimum absolute atomic E-state index is 0.146. The summed E-state index contributed by atoms with van der Waals surface area (Å²) in [6, 6.07) is 5.17. The Hall–Kier alpha value is -1.05. The van der Waals surface area contributed by atoms with E-state index in [1.165, 1.54) is 30.0 Å². The van der Waals surface area contributed by atoms with Crippen molar-refractivity contribution in [3.05, 3.63) is 24.3 Å². The third-order valence-corrected chi connectivity index (χ3v) is 5.65. The van der Waals surface area contributed by atoms with Crippen LogP contribution in [0, 0.1) is 12.3 Å². The SMILES string of the molecule is C#CCSCCNS(=O)(=O)c1ccccc1S(N)(=O)=O. The maximum Gasteiger partial charge on any atom is 0.241 e. The highest BCUT2D eigenvalue weighted by atomic mass is 32.2. The van der Waals surface area contributed by atoms with Gasteiger partial charge in [-0.3, -0.25) is 0 Å². The van der Waals surface area contributed by atoms with E-state index in [9.17, 15) is 16.8 Å². The molecule has 0 spiro atoms. The van der Waals surface area contributed by atoms with Gasteiger partial charge in [-0.1, -0.05) is 18.1 Å². The summed E-state index contributed by atoms with van der Waals surface area (Å²) in [6.07, 6.45) is 5.07. The topological polar surface area (TPSA) is 106 Å². The Kier molecular flexibility index (Phi) is 6.04. The van der Waals surface area contributed by atoms with Crippen LogP contribution in [0.1, 0.15) is 0 Å². The van der Waals surface area contributed by atoms with Gasteiger partial charge in [0.1, 0.15) is 9.79 Å². The summed E-state index contributed by atoms with van der Waals surface area (Å²) >= 11 is 1.39. The highest BCUT2D eigenvalue weighted by Crippen LogP contribution is 2.18. The molecule has 110 valence electrons. The van der Waals surface area contributed by atoms with Crippen molar-refractivity contribution < 1.29 is 16.8 Å². The van der Waals surface area contributed by atoms with Crippen LogP contribution in [0.2, 0.25) is 0 Å². The van der Waals surface area contributed by atoms with Gasteiger partial charge in [0.15, 0.2) is 0 Å². The number of hydrogen-bond acceptors (Lipinski definition) is 5. The third kappa shape index (κ3) is 4.81. The van der Waals surface area contributed by atoms with Gasteiger partial charge >= 0.3 is 0 Å². The van der Waals surface area contributed by atoms with Gasteiger partial charge in [-0.05, 0) is 12.1 Å². The van der Waals surface area contributed by atoms with Gasteiger partial charge in [-0.15, -0.1) is 18.2 Å². The monoisotopic (exact) mass is 334 g/mol. The van der Waals surface area contributed by atoms with Crippen LogP contribution < -0.4 is 9.86 Å². The van der Waals surface area contributed by atoms with Crippen molar-refractivity contribution in [3.8, 4) is 12.3 Å². The summed E-state index contributed by atoms with van der Waals surface area (Å²) in [5.74, 6) is 3.38. The Labute approximate surface area is 123 Å². The Balaban J connectivity index is 2.92. The number of nitrogens with one attached hydrogen (secondary N) is 1. The number of nitrogens with two attached hydrogens (primary N) is 1. The Morgan fingerprint density at radius 3 is 2.35 bits per heavy atom. The van der Waals surface area contributed by atoms with E-state index in [-0.39, 0.29) is 11.4 Å². The number of sulfonamides is 2. The van der Waals surface area contributed by atoms with Crippen LogP contribution in [0.15, 0.2) is 34.1 Å². The van der Waals surface area contributed by atoms with Gasteiger partial charge < -0.3 is 0 Å². The highest BCUT2D eigenvalue weighted by molar-refractivity contribution is 7.99. The molecule has 0 aliphatic rings. The molecular weight excluding hydrogens is 320 g/mol. The van der Waals surface area contributed by atoms with Gasteiger partial charge in [0, 0.05) is 12.3 Å². The lowest BCUT2D eigenvalue weighted by atomic mass is 10.4. The van der Waals surface area contributed by atoms with Crippen molar-refractivity contribution in [1.82, 2.24) is 4.72 Å². The fraction of sp³-hybridized carbons (Fsp3) is 0.273. The van der Waals surface area contributed by atoms with E-state index in [2.05, 4.69) is 10.6 Å². The zero-order valence-electron chi connectivity index (χ0n) is 10.4. The van der Waals surface area contributed by atoms with Crippen LogP contribution in [0.3, 0.4) is 0 Å². The highest BCUT2D eigenvalue weighted by Gasteiger charge is 2.23. The van der Waals surface area contributed by atoms with Gasteiger partial charge in [0.05, 0.1) is 5.75 Å². The molecule has 1 rings (SSSR count). The number of hydrogen-bond donors (Lipinski definition) is 2. The van der Waals surface area contributed by atoms with E-state index in [1.54, 1.807) is 0 Å². The number of thioether (sulfide) groups is 1. The normalized spacial score (nSPS) is 12.0. The fourth-order valence-electron chi connectivity index (χ4n) is 1.36. The predicted molar refractivity (Wildman–Crippen MR) is 79.2 cm³/mol. The van der Waals surface area contributed by atoms with Crippen LogP contribution in [-0.2, 0) is 20.0 Å². The predicted octanol–water partition coefficient (Wildman–Crippen LogP) is -0.0213. The van der Waals surface area contributed by atoms with Crippen molar-refractivity contribution >= 4 is 31.8 Å². The van der Waals surface area contributed by atoms with E-state index in [0.29, 0.717) is 11.5 Å². The van der Waals surface area contributed by atoms with Crippen molar-refractivity contribution in [1.29, 1.82) is 0 Å². The largest absolute Gasteiger partial charge is 0.241 e. The Bertz CT molecular complexity index is 705. The second-order valence-electron chi connectivity index (χ2n) is 3.65. The van der Waals surface area contributed by atoms with Gasteiger partial charge in [-0.2, -0.15) is 0 Å². The quantitative estimate of drug-likeness (QED) is 0.538. The van der Waals surface area contributed by atoms with Crippen molar-refractivity contribution in [2.24, 2.45) is 5.14 Å². The molecular formula is C11H14N2O4S3. The maximum atomic E-state index is 12.1. The van der Waals surface area contributed by atoms with Crippen LogP contribution in [0.4, 0.5) is 0 Å². The van der Waals surface area contributed by atoms with Gasteiger partial charge in [0.2, 0.25) is 20.0 Å². The smallest absolute Gasteiger partial charge is 0.225 e. The molecule has 9 heteroatoms. The summed E-state index contributed by atoms with van der Waals surface area (Å²) in [6.45, 7) is 0.146. The first-order chi connectivity index (χ1) is 9.29. The molecule has 20 heavy (non-hydrogen) atoms. The molecule has 0 atom stereocenters. The molecule has 0 saturated carbocycles. The number of primary sulfonamides is 1. The molecule has 0 unspecified atom stereocenters. The average Bonchev–Trinajstić information content (AvgIpc) is 2.37. The first-order valence-electron chi connectivity index (χ1n) is 5.42. The molecule has 0 heterocycles. The lowest BCUT2D eigenvalue weighted by Crippen LogP contribution is -2.28. The summed E-state index contributed by atoms with van der Waals surface area (Å²) < 4.78 is 49.2. The molecule has 0 radical (unpaired) electrons. The van der Waals surface area contributed by atoms with Gasteiger partial charge in [0.25, 0.3) is 0 Å². The Morgan fingerprint density at radius 2 is 1.80 bits per heavy atom. The van der Waals surface area contributed by atoms with Crippen molar-refractivity contribution in [2.75, 3.05) is 18.1 Å². The van der Waals surface area contributed by atoms with E-state index < -0.39 is 24.9 Å². The molecule has 0 aromatic heterocycles. The molecule has 0 bridgehead atoms. The van der Waals surface area contributed by atoms with Gasteiger partial charge in [-0.25, -0.2) is 26.7 Å². The first-order valence-corrected chi connectivity index (χ1v) is 9.60. The number of terminal acetylenes is 1. The van der Waals surface area contributed by atoms with Crippen molar-refractivity contribution in [2.45, 2.75) is 9.79 Å². The van der Waals surface area contributed by atoms with Crippen LogP contribution in [0.5, 0.6) is 0 Å². The minimum Gasteiger partial charge on any atom is -0.225 e. The lowest BCUT2D eigenvalue weighted by molar-refractivity contribution is 0.575. The van der Waals surface area contributed by atoms with Crippen molar-refractivity contribution in [3.63, 3.8) is 0 Å². The molecule has 0 aliphatic heterocycles. The third-order valence-electron chi connectivity index (χ3n) is 2.17. The number of rotatable bonds is 7. The molecule has 3 N–H and O–H groups in total. The maximum absolute atomic E-state index is 12.1. The lowest BCUT2D eigenvalue weighted by Gasteiger charge is -2.09. The first kappa shape index (κ1) is 17.0. The molecule has 0 aliphatic carbocycles. The summed E-state index contributed by atoms with van der Waals surface area (Å²) in [7, 11) is -8.04. The van der Waals surface area contributed by atoms with E-state index in [0.717, 1.165) is 6.07 Å². The number of benzene rings is 1. The van der Waals surface area contributed by atoms with Crippen LogP contribution >= 0.6 is 11.8 Å². The van der Waals surface area contributed by atoms with E-state index >= 15 is 0 Å². The molecule has 6 nitrogen and oxygen atoms in total. The average molecular weight is 334 g/mol. The standard InChI is InChI=1S/C11H14N2O4S3/c1-2-8-18-9-7-13-20(16,17)11-6-4-3-5-10(11)19(12,14)15/h1,3-6,13H,7-9H2,(H2,12,14,15). The van der Waals surface area contributed by atoms with Crippen LogP contribution in [-0.4, -0.2) is 34.9 Å². The molecule has 1 aromatic carbocycles. The molecule has 1 aromatic rings.